The largest absolute Gasteiger partial charge is 0.269 e. The van der Waals surface area contributed by atoms with Crippen LogP contribution in [-0.4, -0.2) is 29.6 Å². The minimum atomic E-state index is 0.467. The van der Waals surface area contributed by atoms with Gasteiger partial charge in [0, 0.05) is 28.7 Å². The van der Waals surface area contributed by atoms with Crippen LogP contribution >= 0.6 is 34.5 Å². The molecule has 26 heavy (non-hydrogen) atoms. The Morgan fingerprint density at radius 1 is 1.08 bits per heavy atom. The lowest BCUT2D eigenvalue weighted by Crippen LogP contribution is -2.00. The van der Waals surface area contributed by atoms with Crippen molar-refractivity contribution in [2.75, 3.05) is 0 Å². The molecule has 3 aromatic heterocycles. The SMILES string of the molecule is CCn1nc(C)c(-c2nn3c(Cc4c(Cl)cccc4Cl)nnc3s2)c1C. The molecule has 134 valence electrons. The van der Waals surface area contributed by atoms with Crippen molar-refractivity contribution in [1.82, 2.24) is 29.6 Å². The van der Waals surface area contributed by atoms with Crippen molar-refractivity contribution in [2.24, 2.45) is 0 Å². The number of hydrogen-bond donors (Lipinski definition) is 0. The lowest BCUT2D eigenvalue weighted by molar-refractivity contribution is 0.634. The summed E-state index contributed by atoms with van der Waals surface area (Å²) in [5.41, 5.74) is 3.95. The highest BCUT2D eigenvalue weighted by atomic mass is 35.5. The summed E-state index contributed by atoms with van der Waals surface area (Å²) in [5.74, 6) is 0.704. The smallest absolute Gasteiger partial charge is 0.234 e. The van der Waals surface area contributed by atoms with Crippen molar-refractivity contribution in [1.29, 1.82) is 0 Å². The standard InChI is InChI=1S/C17H16Cl2N6S/c1-4-24-10(3)15(9(2)22-24)16-23-25-14(20-21-17(25)26-16)8-11-12(18)6-5-7-13(11)19/h5-7H,4,8H2,1-3H3. The fraction of sp³-hybridized carbons (Fsp3) is 0.294. The Labute approximate surface area is 164 Å². The fourth-order valence-corrected chi connectivity index (χ4v) is 4.58. The van der Waals surface area contributed by atoms with Crippen molar-refractivity contribution in [2.45, 2.75) is 33.7 Å². The van der Waals surface area contributed by atoms with E-state index in [0.29, 0.717) is 22.3 Å². The maximum Gasteiger partial charge on any atom is 0.234 e. The molecule has 0 aliphatic rings. The van der Waals surface area contributed by atoms with Gasteiger partial charge in [-0.25, -0.2) is 0 Å². The Morgan fingerprint density at radius 2 is 1.81 bits per heavy atom. The van der Waals surface area contributed by atoms with Crippen LogP contribution in [0.5, 0.6) is 0 Å². The zero-order valence-electron chi connectivity index (χ0n) is 14.5. The van der Waals surface area contributed by atoms with Crippen LogP contribution in [0.2, 0.25) is 10.0 Å². The summed E-state index contributed by atoms with van der Waals surface area (Å²) in [7, 11) is 0. The molecule has 0 aliphatic carbocycles. The van der Waals surface area contributed by atoms with E-state index in [4.69, 9.17) is 28.3 Å². The van der Waals surface area contributed by atoms with Crippen molar-refractivity contribution >= 4 is 39.5 Å². The Balaban J connectivity index is 1.78. The lowest BCUT2D eigenvalue weighted by atomic mass is 10.1. The minimum absolute atomic E-state index is 0.467. The predicted molar refractivity (Wildman–Crippen MR) is 104 cm³/mol. The number of benzene rings is 1. The van der Waals surface area contributed by atoms with Crippen LogP contribution in [0.1, 0.15) is 29.7 Å². The first-order chi connectivity index (χ1) is 12.5. The van der Waals surface area contributed by atoms with Crippen molar-refractivity contribution in [3.05, 3.63) is 51.0 Å². The number of aromatic nitrogens is 6. The molecule has 0 radical (unpaired) electrons. The molecular formula is C17H16Cl2N6S. The minimum Gasteiger partial charge on any atom is -0.269 e. The second-order valence-electron chi connectivity index (χ2n) is 5.96. The molecule has 0 fully saturated rings. The molecule has 0 saturated carbocycles. The highest BCUT2D eigenvalue weighted by Crippen LogP contribution is 2.32. The van der Waals surface area contributed by atoms with E-state index in [1.807, 2.05) is 29.8 Å². The molecular weight excluding hydrogens is 391 g/mol. The summed E-state index contributed by atoms with van der Waals surface area (Å²) >= 11 is 14.1. The molecule has 0 amide bonds. The zero-order valence-corrected chi connectivity index (χ0v) is 16.8. The van der Waals surface area contributed by atoms with Crippen LogP contribution in [0.4, 0.5) is 0 Å². The van der Waals surface area contributed by atoms with Crippen LogP contribution in [0.15, 0.2) is 18.2 Å². The highest BCUT2D eigenvalue weighted by Gasteiger charge is 2.20. The number of rotatable bonds is 4. The molecule has 0 unspecified atom stereocenters. The van der Waals surface area contributed by atoms with E-state index < -0.39 is 0 Å². The molecule has 9 heteroatoms. The third kappa shape index (κ3) is 2.80. The van der Waals surface area contributed by atoms with Crippen LogP contribution in [0.25, 0.3) is 15.5 Å². The van der Waals surface area contributed by atoms with Crippen molar-refractivity contribution in [3.8, 4) is 10.6 Å². The summed E-state index contributed by atoms with van der Waals surface area (Å²) in [5, 5.41) is 19.9. The molecule has 0 spiro atoms. The van der Waals surface area contributed by atoms with Gasteiger partial charge in [-0.05, 0) is 38.5 Å². The van der Waals surface area contributed by atoms with E-state index in [0.717, 1.165) is 39.0 Å². The molecule has 0 atom stereocenters. The van der Waals surface area contributed by atoms with Gasteiger partial charge >= 0.3 is 0 Å². The maximum atomic E-state index is 6.29. The van der Waals surface area contributed by atoms with Crippen LogP contribution in [0, 0.1) is 13.8 Å². The molecule has 0 aliphatic heterocycles. The van der Waals surface area contributed by atoms with Crippen LogP contribution in [0.3, 0.4) is 0 Å². The Bertz CT molecular complexity index is 1090. The summed E-state index contributed by atoms with van der Waals surface area (Å²) in [4.78, 5) is 0.737. The second kappa shape index (κ2) is 6.64. The van der Waals surface area contributed by atoms with Gasteiger partial charge in [0.2, 0.25) is 4.96 Å². The molecule has 6 nitrogen and oxygen atoms in total. The fourth-order valence-electron chi connectivity index (χ4n) is 3.04. The van der Waals surface area contributed by atoms with E-state index in [1.54, 1.807) is 4.52 Å². The average molecular weight is 407 g/mol. The Hall–Kier alpha value is -1.96. The number of halogens is 2. The van der Waals surface area contributed by atoms with Gasteiger partial charge in [-0.3, -0.25) is 4.68 Å². The van der Waals surface area contributed by atoms with Gasteiger partial charge < -0.3 is 0 Å². The first-order valence-corrected chi connectivity index (χ1v) is 9.75. The maximum absolute atomic E-state index is 6.29. The highest BCUT2D eigenvalue weighted by molar-refractivity contribution is 7.19. The van der Waals surface area contributed by atoms with E-state index in [1.165, 1.54) is 11.3 Å². The van der Waals surface area contributed by atoms with E-state index in [-0.39, 0.29) is 0 Å². The third-order valence-corrected chi connectivity index (χ3v) is 5.97. The normalized spacial score (nSPS) is 11.6. The topological polar surface area (TPSA) is 60.9 Å². The van der Waals surface area contributed by atoms with Gasteiger partial charge in [-0.15, -0.1) is 10.2 Å². The van der Waals surface area contributed by atoms with Gasteiger partial charge in [0.1, 0.15) is 0 Å². The zero-order chi connectivity index (χ0) is 18.4. The molecule has 4 aromatic rings. The van der Waals surface area contributed by atoms with E-state index >= 15 is 0 Å². The summed E-state index contributed by atoms with van der Waals surface area (Å²) in [6.45, 7) is 6.97. The lowest BCUT2D eigenvalue weighted by Gasteiger charge is -2.04. The van der Waals surface area contributed by atoms with Gasteiger partial charge in [-0.1, -0.05) is 40.6 Å². The van der Waals surface area contributed by atoms with Gasteiger partial charge in [-0.2, -0.15) is 14.7 Å². The second-order valence-corrected chi connectivity index (χ2v) is 7.73. The molecule has 4 rings (SSSR count). The molecule has 0 saturated heterocycles. The Kier molecular flexibility index (Phi) is 4.46. The van der Waals surface area contributed by atoms with Crippen LogP contribution in [-0.2, 0) is 13.0 Å². The molecule has 3 heterocycles. The third-order valence-electron chi connectivity index (χ3n) is 4.35. The first kappa shape index (κ1) is 17.5. The molecule has 0 bridgehead atoms. The molecule has 0 N–H and O–H groups in total. The number of hydrogen-bond acceptors (Lipinski definition) is 5. The van der Waals surface area contributed by atoms with Gasteiger partial charge in [0.05, 0.1) is 11.3 Å². The molecule has 1 aromatic carbocycles. The monoisotopic (exact) mass is 406 g/mol. The first-order valence-electron chi connectivity index (χ1n) is 8.18. The van der Waals surface area contributed by atoms with Crippen molar-refractivity contribution in [3.63, 3.8) is 0 Å². The van der Waals surface area contributed by atoms with E-state index in [2.05, 4.69) is 29.1 Å². The number of nitrogens with zero attached hydrogens (tertiary/aromatic N) is 6. The van der Waals surface area contributed by atoms with Gasteiger partial charge in [0.25, 0.3) is 0 Å². The summed E-state index contributed by atoms with van der Waals surface area (Å²) in [6.07, 6.45) is 0.467. The van der Waals surface area contributed by atoms with Gasteiger partial charge in [0.15, 0.2) is 10.8 Å². The summed E-state index contributed by atoms with van der Waals surface area (Å²) in [6, 6.07) is 5.46. The predicted octanol–water partition coefficient (Wildman–Crippen LogP) is 4.58. The Morgan fingerprint density at radius 3 is 2.46 bits per heavy atom. The quantitative estimate of drug-likeness (QED) is 0.497. The average Bonchev–Trinajstić information content (AvgIpc) is 3.24. The number of aryl methyl sites for hydroxylation is 2. The summed E-state index contributed by atoms with van der Waals surface area (Å²) < 4.78 is 3.75. The van der Waals surface area contributed by atoms with Crippen molar-refractivity contribution < 1.29 is 0 Å². The number of fused-ring (bicyclic) bond motifs is 1. The van der Waals surface area contributed by atoms with Crippen LogP contribution < -0.4 is 0 Å². The van der Waals surface area contributed by atoms with E-state index in [9.17, 15) is 0 Å².